The number of nitrogens with one attached hydrogen (secondary N) is 2. The minimum Gasteiger partial charge on any atom is -0.351 e. The molecule has 0 atom stereocenters. The van der Waals surface area contributed by atoms with Crippen LogP contribution in [0.3, 0.4) is 0 Å². The van der Waals surface area contributed by atoms with E-state index < -0.39 is 11.7 Å². The monoisotopic (exact) mass is 380 g/mol. The van der Waals surface area contributed by atoms with Crippen molar-refractivity contribution >= 4 is 17.5 Å². The van der Waals surface area contributed by atoms with E-state index in [-0.39, 0.29) is 16.9 Å². The van der Waals surface area contributed by atoms with Gasteiger partial charge in [-0.3, -0.25) is 9.59 Å². The standard InChI is InChI=1S/C23H25FN2O2/c1-14-4-6-17(10-15(14)2)23(8-3-9-23)13-25-22(28)18-11-16-5-7-21(27)26-20(16)12-19(18)24/h4,6,10-12H,3,5,7-9,13H2,1-2H3,(H,25,28)(H,26,27). The molecule has 0 spiro atoms. The van der Waals surface area contributed by atoms with Crippen LogP contribution >= 0.6 is 0 Å². The van der Waals surface area contributed by atoms with E-state index in [4.69, 9.17) is 0 Å². The number of rotatable bonds is 4. The van der Waals surface area contributed by atoms with E-state index >= 15 is 0 Å². The van der Waals surface area contributed by atoms with Gasteiger partial charge in [0.15, 0.2) is 0 Å². The Morgan fingerprint density at radius 1 is 1.14 bits per heavy atom. The van der Waals surface area contributed by atoms with Crippen LogP contribution in [0.15, 0.2) is 30.3 Å². The fourth-order valence-electron chi connectivity index (χ4n) is 4.16. The molecule has 0 saturated heterocycles. The Morgan fingerprint density at radius 3 is 2.61 bits per heavy atom. The number of halogens is 1. The molecule has 2 aliphatic rings. The van der Waals surface area contributed by atoms with Gasteiger partial charge < -0.3 is 10.6 Å². The topological polar surface area (TPSA) is 58.2 Å². The van der Waals surface area contributed by atoms with E-state index in [1.165, 1.54) is 22.8 Å². The lowest BCUT2D eigenvalue weighted by atomic mass is 9.64. The summed E-state index contributed by atoms with van der Waals surface area (Å²) < 4.78 is 14.5. The number of carbonyl (C=O) groups excluding carboxylic acids is 2. The molecule has 146 valence electrons. The van der Waals surface area contributed by atoms with E-state index in [1.54, 1.807) is 6.07 Å². The third-order valence-corrected chi connectivity index (χ3v) is 6.35. The van der Waals surface area contributed by atoms with Gasteiger partial charge in [0, 0.05) is 24.1 Å². The van der Waals surface area contributed by atoms with Crippen LogP contribution in [0.25, 0.3) is 0 Å². The van der Waals surface area contributed by atoms with E-state index in [9.17, 15) is 14.0 Å². The Hall–Kier alpha value is -2.69. The number of carbonyl (C=O) groups is 2. The van der Waals surface area contributed by atoms with Crippen LogP contribution < -0.4 is 10.6 Å². The van der Waals surface area contributed by atoms with E-state index in [0.717, 1.165) is 24.8 Å². The lowest BCUT2D eigenvalue weighted by molar-refractivity contribution is -0.116. The second kappa shape index (κ2) is 7.04. The summed E-state index contributed by atoms with van der Waals surface area (Å²) in [5, 5.41) is 5.63. The number of amides is 2. The molecule has 0 unspecified atom stereocenters. The first-order valence-electron chi connectivity index (χ1n) is 9.86. The summed E-state index contributed by atoms with van der Waals surface area (Å²) >= 11 is 0. The molecule has 1 fully saturated rings. The maximum absolute atomic E-state index is 14.5. The molecular weight excluding hydrogens is 355 g/mol. The summed E-state index contributed by atoms with van der Waals surface area (Å²) in [6.45, 7) is 4.70. The summed E-state index contributed by atoms with van der Waals surface area (Å²) in [6.07, 6.45) is 4.06. The van der Waals surface area contributed by atoms with E-state index in [2.05, 4.69) is 42.7 Å². The van der Waals surface area contributed by atoms with Gasteiger partial charge in [0.05, 0.1) is 5.56 Å². The van der Waals surface area contributed by atoms with E-state index in [1.807, 2.05) is 0 Å². The second-order valence-electron chi connectivity index (χ2n) is 8.15. The zero-order chi connectivity index (χ0) is 19.9. The minimum atomic E-state index is -0.604. The summed E-state index contributed by atoms with van der Waals surface area (Å²) in [5.41, 5.74) is 5.01. The zero-order valence-electron chi connectivity index (χ0n) is 16.3. The summed E-state index contributed by atoms with van der Waals surface area (Å²) in [4.78, 5) is 24.2. The molecule has 2 aromatic rings. The van der Waals surface area contributed by atoms with Crippen molar-refractivity contribution in [2.45, 2.75) is 51.4 Å². The lowest BCUT2D eigenvalue weighted by Gasteiger charge is -2.43. The molecule has 1 heterocycles. The number of fused-ring (bicyclic) bond motifs is 1. The van der Waals surface area contributed by atoms with Crippen LogP contribution in [0.4, 0.5) is 10.1 Å². The molecule has 4 nitrogen and oxygen atoms in total. The average molecular weight is 380 g/mol. The first kappa shape index (κ1) is 18.7. The molecule has 1 aliphatic carbocycles. The molecule has 28 heavy (non-hydrogen) atoms. The van der Waals surface area contributed by atoms with Gasteiger partial charge in [0.25, 0.3) is 5.91 Å². The van der Waals surface area contributed by atoms with Crippen molar-refractivity contribution in [3.8, 4) is 0 Å². The quantitative estimate of drug-likeness (QED) is 0.836. The molecule has 1 saturated carbocycles. The van der Waals surface area contributed by atoms with Crippen molar-refractivity contribution in [3.05, 3.63) is 64.0 Å². The highest BCUT2D eigenvalue weighted by Gasteiger charge is 2.39. The molecule has 2 N–H and O–H groups in total. The van der Waals surface area contributed by atoms with Gasteiger partial charge in [-0.1, -0.05) is 24.6 Å². The van der Waals surface area contributed by atoms with Crippen LogP contribution in [0, 0.1) is 19.7 Å². The lowest BCUT2D eigenvalue weighted by Crippen LogP contribution is -2.45. The van der Waals surface area contributed by atoms with Crippen LogP contribution in [0.2, 0.25) is 0 Å². The first-order valence-corrected chi connectivity index (χ1v) is 9.86. The molecular formula is C23H25FN2O2. The molecule has 5 heteroatoms. The Balaban J connectivity index is 1.52. The van der Waals surface area contributed by atoms with Crippen molar-refractivity contribution in [3.63, 3.8) is 0 Å². The second-order valence-corrected chi connectivity index (χ2v) is 8.15. The highest BCUT2D eigenvalue weighted by molar-refractivity contribution is 5.98. The Morgan fingerprint density at radius 2 is 1.93 bits per heavy atom. The average Bonchev–Trinajstić information content (AvgIpc) is 2.62. The number of hydrogen-bond acceptors (Lipinski definition) is 2. The predicted octanol–water partition coefficient (Wildman–Crippen LogP) is 4.18. The summed E-state index contributed by atoms with van der Waals surface area (Å²) in [6, 6.07) is 9.31. The van der Waals surface area contributed by atoms with Crippen LogP contribution in [-0.2, 0) is 16.6 Å². The molecule has 1 aliphatic heterocycles. The first-order chi connectivity index (χ1) is 13.4. The maximum atomic E-state index is 14.5. The number of aryl methyl sites for hydroxylation is 3. The molecule has 0 aromatic heterocycles. The maximum Gasteiger partial charge on any atom is 0.254 e. The van der Waals surface area contributed by atoms with Crippen molar-refractivity contribution in [2.24, 2.45) is 0 Å². The van der Waals surface area contributed by atoms with E-state index in [0.29, 0.717) is 25.1 Å². The summed E-state index contributed by atoms with van der Waals surface area (Å²) in [7, 11) is 0. The van der Waals surface area contributed by atoms with Gasteiger partial charge in [0.2, 0.25) is 5.91 Å². The Bertz CT molecular complexity index is 963. The van der Waals surface area contributed by atoms with Gasteiger partial charge in [-0.15, -0.1) is 0 Å². The number of anilines is 1. The fourth-order valence-corrected chi connectivity index (χ4v) is 4.16. The number of hydrogen-bond donors (Lipinski definition) is 2. The highest BCUT2D eigenvalue weighted by Crippen LogP contribution is 2.43. The van der Waals surface area contributed by atoms with Gasteiger partial charge in [-0.25, -0.2) is 4.39 Å². The predicted molar refractivity (Wildman–Crippen MR) is 107 cm³/mol. The zero-order valence-corrected chi connectivity index (χ0v) is 16.3. The number of benzene rings is 2. The highest BCUT2D eigenvalue weighted by atomic mass is 19.1. The molecule has 0 radical (unpaired) electrons. The molecule has 2 aromatic carbocycles. The Kier molecular flexibility index (Phi) is 4.69. The van der Waals surface area contributed by atoms with Crippen molar-refractivity contribution < 1.29 is 14.0 Å². The largest absolute Gasteiger partial charge is 0.351 e. The third-order valence-electron chi connectivity index (χ3n) is 6.35. The van der Waals surface area contributed by atoms with Crippen molar-refractivity contribution in [1.29, 1.82) is 0 Å². The molecule has 2 amide bonds. The van der Waals surface area contributed by atoms with Crippen molar-refractivity contribution in [2.75, 3.05) is 11.9 Å². The van der Waals surface area contributed by atoms with Gasteiger partial charge in [-0.2, -0.15) is 0 Å². The molecule has 4 rings (SSSR count). The fraction of sp³-hybridized carbons (Fsp3) is 0.391. The van der Waals surface area contributed by atoms with Crippen LogP contribution in [0.5, 0.6) is 0 Å². The van der Waals surface area contributed by atoms with Gasteiger partial charge >= 0.3 is 0 Å². The minimum absolute atomic E-state index is 0.0458. The molecule has 0 bridgehead atoms. The Labute approximate surface area is 164 Å². The smallest absolute Gasteiger partial charge is 0.254 e. The van der Waals surface area contributed by atoms with Crippen LogP contribution in [-0.4, -0.2) is 18.4 Å². The van der Waals surface area contributed by atoms with Crippen molar-refractivity contribution in [1.82, 2.24) is 5.32 Å². The summed E-state index contributed by atoms with van der Waals surface area (Å²) in [5.74, 6) is -1.12. The van der Waals surface area contributed by atoms with Gasteiger partial charge in [0.1, 0.15) is 5.82 Å². The normalized spacial score (nSPS) is 17.3. The van der Waals surface area contributed by atoms with Crippen LogP contribution in [0.1, 0.15) is 58.3 Å². The third kappa shape index (κ3) is 3.30. The SMILES string of the molecule is Cc1ccc(C2(CNC(=O)c3cc4c(cc3F)NC(=O)CC4)CCC2)cc1C. The van der Waals surface area contributed by atoms with Gasteiger partial charge in [-0.05, 0) is 67.5 Å².